The number of aromatic nitrogens is 3. The number of aromatic amines is 1. The summed E-state index contributed by atoms with van der Waals surface area (Å²) in [6.45, 7) is 5.23. The molecule has 0 bridgehead atoms. The zero-order chi connectivity index (χ0) is 12.3. The lowest BCUT2D eigenvalue weighted by Crippen LogP contribution is -2.34. The Bertz CT molecular complexity index is 517. The van der Waals surface area contributed by atoms with Gasteiger partial charge in [0, 0.05) is 19.3 Å². The fourth-order valence-corrected chi connectivity index (χ4v) is 1.64. The zero-order valence-electron chi connectivity index (χ0n) is 9.90. The van der Waals surface area contributed by atoms with Crippen LogP contribution in [0.2, 0.25) is 0 Å². The third-order valence-electron chi connectivity index (χ3n) is 2.61. The van der Waals surface area contributed by atoms with Crippen molar-refractivity contribution in [3.05, 3.63) is 18.3 Å². The lowest BCUT2D eigenvalue weighted by molar-refractivity contribution is 0.217. The van der Waals surface area contributed by atoms with Crippen molar-refractivity contribution in [3.63, 3.8) is 0 Å². The summed E-state index contributed by atoms with van der Waals surface area (Å²) >= 11 is 0. The van der Waals surface area contributed by atoms with Gasteiger partial charge in [-0.1, -0.05) is 0 Å². The summed E-state index contributed by atoms with van der Waals surface area (Å²) < 4.78 is 0. The molecule has 2 heterocycles. The van der Waals surface area contributed by atoms with E-state index in [9.17, 15) is 4.79 Å². The van der Waals surface area contributed by atoms with Gasteiger partial charge < -0.3 is 4.90 Å². The minimum atomic E-state index is -0.135. The molecule has 2 aromatic rings. The maximum atomic E-state index is 11.9. The molecule has 0 aliphatic carbocycles. The highest BCUT2D eigenvalue weighted by atomic mass is 16.2. The van der Waals surface area contributed by atoms with Crippen LogP contribution in [0.15, 0.2) is 18.3 Å². The van der Waals surface area contributed by atoms with Crippen molar-refractivity contribution in [2.45, 2.75) is 13.8 Å². The summed E-state index contributed by atoms with van der Waals surface area (Å²) in [5.41, 5.74) is 0.599. The van der Waals surface area contributed by atoms with Crippen molar-refractivity contribution in [2.75, 3.05) is 18.4 Å². The number of nitrogens with one attached hydrogen (secondary N) is 2. The number of fused-ring (bicyclic) bond motifs is 1. The highest BCUT2D eigenvalue weighted by Crippen LogP contribution is 2.17. The Balaban J connectivity index is 2.21. The van der Waals surface area contributed by atoms with Crippen LogP contribution in [0.1, 0.15) is 13.8 Å². The van der Waals surface area contributed by atoms with Crippen LogP contribution in [0, 0.1) is 0 Å². The Morgan fingerprint density at radius 2 is 2.24 bits per heavy atom. The van der Waals surface area contributed by atoms with E-state index in [1.807, 2.05) is 26.0 Å². The summed E-state index contributed by atoms with van der Waals surface area (Å²) in [5, 5.41) is 10.4. The highest BCUT2D eigenvalue weighted by Gasteiger charge is 2.12. The first-order valence-corrected chi connectivity index (χ1v) is 5.61. The third-order valence-corrected chi connectivity index (χ3v) is 2.61. The van der Waals surface area contributed by atoms with Gasteiger partial charge >= 0.3 is 6.03 Å². The van der Waals surface area contributed by atoms with Gasteiger partial charge in [0.1, 0.15) is 5.82 Å². The number of nitrogens with zero attached hydrogens (tertiary/aromatic N) is 3. The number of anilines is 1. The maximum Gasteiger partial charge on any atom is 0.322 e. The minimum absolute atomic E-state index is 0.135. The minimum Gasteiger partial charge on any atom is -0.325 e. The van der Waals surface area contributed by atoms with Gasteiger partial charge in [-0.2, -0.15) is 5.10 Å². The number of carbonyl (C=O) groups is 1. The molecule has 2 rings (SSSR count). The summed E-state index contributed by atoms with van der Waals surface area (Å²) in [4.78, 5) is 17.6. The van der Waals surface area contributed by atoms with E-state index in [0.29, 0.717) is 24.6 Å². The smallest absolute Gasteiger partial charge is 0.322 e. The Hall–Kier alpha value is -2.11. The van der Waals surface area contributed by atoms with E-state index in [1.54, 1.807) is 11.1 Å². The largest absolute Gasteiger partial charge is 0.325 e. The van der Waals surface area contributed by atoms with Gasteiger partial charge in [0.05, 0.1) is 5.39 Å². The van der Waals surface area contributed by atoms with Crippen LogP contribution in [-0.4, -0.2) is 39.2 Å². The topological polar surface area (TPSA) is 73.9 Å². The molecule has 0 aliphatic rings. The Labute approximate surface area is 99.0 Å². The van der Waals surface area contributed by atoms with Crippen LogP contribution in [-0.2, 0) is 0 Å². The van der Waals surface area contributed by atoms with Gasteiger partial charge in [0.25, 0.3) is 0 Å². The lowest BCUT2D eigenvalue weighted by atomic mass is 10.3. The monoisotopic (exact) mass is 233 g/mol. The van der Waals surface area contributed by atoms with E-state index in [0.717, 1.165) is 5.39 Å². The number of pyridine rings is 1. The normalized spacial score (nSPS) is 10.5. The summed E-state index contributed by atoms with van der Waals surface area (Å²) in [6.07, 6.45) is 1.67. The summed E-state index contributed by atoms with van der Waals surface area (Å²) in [7, 11) is 0. The molecule has 90 valence electrons. The molecule has 6 nitrogen and oxygen atoms in total. The third kappa shape index (κ3) is 2.20. The van der Waals surface area contributed by atoms with Crippen molar-refractivity contribution in [3.8, 4) is 0 Å². The number of hydrogen-bond donors (Lipinski definition) is 2. The molecule has 2 N–H and O–H groups in total. The van der Waals surface area contributed by atoms with Gasteiger partial charge in [0.2, 0.25) is 0 Å². The lowest BCUT2D eigenvalue weighted by Gasteiger charge is -2.18. The van der Waals surface area contributed by atoms with Crippen molar-refractivity contribution in [2.24, 2.45) is 0 Å². The average Bonchev–Trinajstić information content (AvgIpc) is 2.74. The predicted octanol–water partition coefficient (Wildman–Crippen LogP) is 1.83. The van der Waals surface area contributed by atoms with E-state index < -0.39 is 0 Å². The molecule has 0 aromatic carbocycles. The number of rotatable bonds is 3. The standard InChI is InChI=1S/C11H15N5O/c1-3-16(4-2)11(17)13-10-8-6-5-7-12-9(8)14-15-10/h5-7H,3-4H2,1-2H3,(H2,12,13,14,15,17). The number of hydrogen-bond acceptors (Lipinski definition) is 3. The first-order chi connectivity index (χ1) is 8.26. The molecule has 2 aromatic heterocycles. The Kier molecular flexibility index (Phi) is 3.22. The molecule has 0 fully saturated rings. The second-order valence-electron chi connectivity index (χ2n) is 3.58. The molecular formula is C11H15N5O. The molecule has 0 spiro atoms. The van der Waals surface area contributed by atoms with Gasteiger partial charge in [-0.05, 0) is 26.0 Å². The predicted molar refractivity (Wildman–Crippen MR) is 65.8 cm³/mol. The fraction of sp³-hybridized carbons (Fsp3) is 0.364. The van der Waals surface area contributed by atoms with E-state index in [4.69, 9.17) is 0 Å². The molecule has 0 saturated heterocycles. The molecule has 0 saturated carbocycles. The molecule has 17 heavy (non-hydrogen) atoms. The van der Waals surface area contributed by atoms with E-state index in [-0.39, 0.29) is 6.03 Å². The zero-order valence-corrected chi connectivity index (χ0v) is 9.90. The van der Waals surface area contributed by atoms with Crippen molar-refractivity contribution in [1.29, 1.82) is 0 Å². The summed E-state index contributed by atoms with van der Waals surface area (Å²) in [6, 6.07) is 3.54. The van der Waals surface area contributed by atoms with E-state index >= 15 is 0 Å². The Morgan fingerprint density at radius 1 is 1.47 bits per heavy atom. The van der Waals surface area contributed by atoms with E-state index in [1.165, 1.54) is 0 Å². The number of carbonyl (C=O) groups excluding carboxylic acids is 1. The first kappa shape index (κ1) is 11.4. The van der Waals surface area contributed by atoms with Crippen LogP contribution in [0.3, 0.4) is 0 Å². The molecule has 0 unspecified atom stereocenters. The maximum absolute atomic E-state index is 11.9. The SMILES string of the molecule is CCN(CC)C(=O)Nc1[nH]nc2ncccc12. The van der Waals surface area contributed by atoms with Gasteiger partial charge in [0.15, 0.2) is 5.65 Å². The quantitative estimate of drug-likeness (QED) is 0.849. The van der Waals surface area contributed by atoms with Crippen molar-refractivity contribution in [1.82, 2.24) is 20.1 Å². The second kappa shape index (κ2) is 4.82. The van der Waals surface area contributed by atoms with Crippen LogP contribution in [0.5, 0.6) is 0 Å². The van der Waals surface area contributed by atoms with Crippen LogP contribution in [0.4, 0.5) is 10.6 Å². The number of H-pyrrole nitrogens is 1. The first-order valence-electron chi connectivity index (χ1n) is 5.61. The molecule has 0 aliphatic heterocycles. The average molecular weight is 233 g/mol. The Morgan fingerprint density at radius 3 is 2.94 bits per heavy atom. The van der Waals surface area contributed by atoms with Crippen LogP contribution in [0.25, 0.3) is 11.0 Å². The van der Waals surface area contributed by atoms with Gasteiger partial charge in [-0.15, -0.1) is 0 Å². The molecular weight excluding hydrogens is 218 g/mol. The fourth-order valence-electron chi connectivity index (χ4n) is 1.64. The molecule has 2 amide bonds. The highest BCUT2D eigenvalue weighted by molar-refractivity contribution is 5.97. The van der Waals surface area contributed by atoms with Gasteiger partial charge in [-0.25, -0.2) is 9.78 Å². The van der Waals surface area contributed by atoms with E-state index in [2.05, 4.69) is 20.5 Å². The number of amides is 2. The van der Waals surface area contributed by atoms with Crippen molar-refractivity contribution < 1.29 is 4.79 Å². The molecule has 0 radical (unpaired) electrons. The van der Waals surface area contributed by atoms with Crippen LogP contribution < -0.4 is 5.32 Å². The molecule has 6 heteroatoms. The van der Waals surface area contributed by atoms with Gasteiger partial charge in [-0.3, -0.25) is 10.4 Å². The summed E-state index contributed by atoms with van der Waals surface area (Å²) in [5.74, 6) is 0.588. The molecule has 0 atom stereocenters. The van der Waals surface area contributed by atoms with Crippen LogP contribution >= 0.6 is 0 Å². The second-order valence-corrected chi connectivity index (χ2v) is 3.58. The number of urea groups is 1. The van der Waals surface area contributed by atoms with Crippen molar-refractivity contribution >= 4 is 22.9 Å².